The predicted octanol–water partition coefficient (Wildman–Crippen LogP) is 3.18. The predicted molar refractivity (Wildman–Crippen MR) is 106 cm³/mol. The van der Waals surface area contributed by atoms with Crippen molar-refractivity contribution in [2.75, 3.05) is 32.0 Å². The summed E-state index contributed by atoms with van der Waals surface area (Å²) < 4.78 is 7.89. The van der Waals surface area contributed by atoms with Crippen molar-refractivity contribution in [2.24, 2.45) is 5.92 Å². The van der Waals surface area contributed by atoms with Gasteiger partial charge in [0.2, 0.25) is 0 Å². The minimum absolute atomic E-state index is 0.103. The zero-order valence-electron chi connectivity index (χ0n) is 15.6. The number of nitrogens with zero attached hydrogens (tertiary/aromatic N) is 3. The average molecular weight is 374 g/mol. The maximum atomic E-state index is 12.9. The highest BCUT2D eigenvalue weighted by Gasteiger charge is 2.29. The highest BCUT2D eigenvalue weighted by atomic mass is 32.2. The van der Waals surface area contributed by atoms with Gasteiger partial charge >= 0.3 is 0 Å². The first-order valence-electron chi connectivity index (χ1n) is 9.60. The summed E-state index contributed by atoms with van der Waals surface area (Å²) in [6, 6.07) is 7.99. The van der Waals surface area contributed by atoms with Crippen LogP contribution in [0.4, 0.5) is 0 Å². The van der Waals surface area contributed by atoms with Crippen molar-refractivity contribution in [2.45, 2.75) is 44.0 Å². The fourth-order valence-electron chi connectivity index (χ4n) is 3.61. The monoisotopic (exact) mass is 373 g/mol. The van der Waals surface area contributed by atoms with Crippen molar-refractivity contribution in [1.82, 2.24) is 14.5 Å². The minimum Gasteiger partial charge on any atom is -0.375 e. The number of aromatic nitrogens is 2. The Balaban J connectivity index is 1.52. The van der Waals surface area contributed by atoms with Crippen LogP contribution in [0, 0.1) is 5.92 Å². The third-order valence-electron chi connectivity index (χ3n) is 4.93. The van der Waals surface area contributed by atoms with Crippen LogP contribution in [-0.4, -0.2) is 52.5 Å². The van der Waals surface area contributed by atoms with Crippen LogP contribution in [-0.2, 0) is 4.74 Å². The molecule has 0 unspecified atom stereocenters. The van der Waals surface area contributed by atoms with E-state index in [0.717, 1.165) is 60.9 Å². The lowest BCUT2D eigenvalue weighted by atomic mass is 10.2. The number of fused-ring (bicyclic) bond motifs is 1. The topological polar surface area (TPSA) is 47.4 Å². The molecule has 1 saturated carbocycles. The molecule has 2 fully saturated rings. The number of rotatable bonds is 6. The van der Waals surface area contributed by atoms with Crippen LogP contribution in [0.5, 0.6) is 0 Å². The molecule has 0 spiro atoms. The molecule has 5 nitrogen and oxygen atoms in total. The van der Waals surface area contributed by atoms with Gasteiger partial charge in [0.25, 0.3) is 5.56 Å². The average Bonchev–Trinajstić information content (AvgIpc) is 3.45. The zero-order valence-corrected chi connectivity index (χ0v) is 16.4. The van der Waals surface area contributed by atoms with Gasteiger partial charge in [0.1, 0.15) is 0 Å². The van der Waals surface area contributed by atoms with Crippen LogP contribution in [0.25, 0.3) is 10.9 Å². The van der Waals surface area contributed by atoms with E-state index >= 15 is 0 Å². The van der Waals surface area contributed by atoms with Crippen LogP contribution >= 0.6 is 11.8 Å². The van der Waals surface area contributed by atoms with Crippen LogP contribution in [0.15, 0.2) is 34.2 Å². The Labute approximate surface area is 158 Å². The Morgan fingerprint density at radius 2 is 2.12 bits per heavy atom. The molecule has 0 N–H and O–H groups in total. The third-order valence-corrected chi connectivity index (χ3v) is 6.02. The molecule has 4 rings (SSSR count). The lowest BCUT2D eigenvalue weighted by Gasteiger charge is -2.33. The van der Waals surface area contributed by atoms with Gasteiger partial charge in [-0.2, -0.15) is 0 Å². The molecule has 1 aliphatic carbocycles. The second kappa shape index (κ2) is 7.71. The van der Waals surface area contributed by atoms with Crippen molar-refractivity contribution in [3.8, 4) is 0 Å². The molecular formula is C20H27N3O2S. The summed E-state index contributed by atoms with van der Waals surface area (Å²) in [7, 11) is 0. The molecule has 2 heterocycles. The van der Waals surface area contributed by atoms with E-state index in [9.17, 15) is 4.79 Å². The van der Waals surface area contributed by atoms with E-state index in [1.165, 1.54) is 0 Å². The van der Waals surface area contributed by atoms with Gasteiger partial charge in [0.05, 0.1) is 23.6 Å². The highest BCUT2D eigenvalue weighted by Crippen LogP contribution is 2.37. The minimum atomic E-state index is 0.103. The first kappa shape index (κ1) is 18.0. The lowest BCUT2D eigenvalue weighted by Crippen LogP contribution is -2.44. The maximum Gasteiger partial charge on any atom is 0.262 e. The van der Waals surface area contributed by atoms with E-state index in [2.05, 4.69) is 18.7 Å². The van der Waals surface area contributed by atoms with E-state index in [4.69, 9.17) is 9.72 Å². The normalized spacial score (nSPS) is 21.6. The lowest BCUT2D eigenvalue weighted by molar-refractivity contribution is -0.0191. The number of morpholine rings is 1. The van der Waals surface area contributed by atoms with Crippen LogP contribution in [0.1, 0.15) is 32.7 Å². The summed E-state index contributed by atoms with van der Waals surface area (Å²) >= 11 is 1.67. The SMILES string of the molecule is CC(C)CN1CCO[C@H](CSc2nc3ccccc3c(=O)n2C2CC2)C1. The van der Waals surface area contributed by atoms with E-state index in [1.54, 1.807) is 11.8 Å². The molecule has 140 valence electrons. The van der Waals surface area contributed by atoms with Crippen LogP contribution in [0.2, 0.25) is 0 Å². The highest BCUT2D eigenvalue weighted by molar-refractivity contribution is 7.99. The van der Waals surface area contributed by atoms with E-state index < -0.39 is 0 Å². The van der Waals surface area contributed by atoms with Crippen molar-refractivity contribution >= 4 is 22.7 Å². The van der Waals surface area contributed by atoms with Gasteiger partial charge in [-0.15, -0.1) is 0 Å². The summed E-state index contributed by atoms with van der Waals surface area (Å²) in [4.78, 5) is 20.2. The molecule has 0 bridgehead atoms. The van der Waals surface area contributed by atoms with Gasteiger partial charge in [-0.05, 0) is 30.9 Å². The van der Waals surface area contributed by atoms with Gasteiger partial charge in [-0.25, -0.2) is 4.98 Å². The van der Waals surface area contributed by atoms with Crippen molar-refractivity contribution in [3.63, 3.8) is 0 Å². The van der Waals surface area contributed by atoms with Crippen molar-refractivity contribution in [1.29, 1.82) is 0 Å². The van der Waals surface area contributed by atoms with Crippen LogP contribution in [0.3, 0.4) is 0 Å². The molecule has 1 atom stereocenters. The number of hydrogen-bond acceptors (Lipinski definition) is 5. The summed E-state index contributed by atoms with van der Waals surface area (Å²) in [5.41, 5.74) is 0.898. The summed E-state index contributed by atoms with van der Waals surface area (Å²) in [6.45, 7) is 8.40. The number of para-hydroxylation sites is 1. The summed E-state index contributed by atoms with van der Waals surface area (Å²) in [6.07, 6.45) is 2.36. The fourth-order valence-corrected chi connectivity index (χ4v) is 4.68. The Bertz CT molecular complexity index is 831. The Kier molecular flexibility index (Phi) is 5.34. The van der Waals surface area contributed by atoms with Gasteiger partial charge in [0.15, 0.2) is 5.16 Å². The molecule has 0 amide bonds. The van der Waals surface area contributed by atoms with E-state index in [1.807, 2.05) is 28.8 Å². The quantitative estimate of drug-likeness (QED) is 0.575. The summed E-state index contributed by atoms with van der Waals surface area (Å²) in [5, 5.41) is 1.57. The molecule has 6 heteroatoms. The molecule has 26 heavy (non-hydrogen) atoms. The molecule has 1 aromatic carbocycles. The maximum absolute atomic E-state index is 12.9. The number of thioether (sulfide) groups is 1. The summed E-state index contributed by atoms with van der Waals surface area (Å²) in [5.74, 6) is 1.51. The largest absolute Gasteiger partial charge is 0.375 e. The van der Waals surface area contributed by atoms with E-state index in [0.29, 0.717) is 12.0 Å². The Hall–Kier alpha value is -1.37. The zero-order chi connectivity index (χ0) is 18.1. The van der Waals surface area contributed by atoms with Crippen molar-refractivity contribution < 1.29 is 4.74 Å². The molecule has 2 aliphatic rings. The van der Waals surface area contributed by atoms with Crippen LogP contribution < -0.4 is 5.56 Å². The fraction of sp³-hybridized carbons (Fsp3) is 0.600. The second-order valence-electron chi connectivity index (χ2n) is 7.78. The van der Waals surface area contributed by atoms with Crippen molar-refractivity contribution in [3.05, 3.63) is 34.6 Å². The third kappa shape index (κ3) is 3.97. The molecule has 2 aromatic rings. The number of hydrogen-bond donors (Lipinski definition) is 0. The van der Waals surface area contributed by atoms with Gasteiger partial charge in [0, 0.05) is 31.4 Å². The van der Waals surface area contributed by atoms with Gasteiger partial charge < -0.3 is 4.74 Å². The number of benzene rings is 1. The van der Waals surface area contributed by atoms with Gasteiger partial charge in [-0.1, -0.05) is 37.7 Å². The molecule has 1 saturated heterocycles. The first-order chi connectivity index (χ1) is 12.6. The number of ether oxygens (including phenoxy) is 1. The standard InChI is InChI=1S/C20H27N3O2S/c1-14(2)11-22-9-10-25-16(12-22)13-26-20-21-18-6-4-3-5-17(18)19(24)23(20)15-7-8-15/h3-6,14-16H,7-13H2,1-2H3/t16-/m0/s1. The van der Waals surface area contributed by atoms with E-state index in [-0.39, 0.29) is 11.7 Å². The van der Waals surface area contributed by atoms with Gasteiger partial charge in [-0.3, -0.25) is 14.3 Å². The smallest absolute Gasteiger partial charge is 0.262 e. The Morgan fingerprint density at radius 3 is 2.88 bits per heavy atom. The molecule has 1 aromatic heterocycles. The Morgan fingerprint density at radius 1 is 1.31 bits per heavy atom. The molecule has 1 aliphatic heterocycles. The molecular weight excluding hydrogens is 346 g/mol. The second-order valence-corrected chi connectivity index (χ2v) is 8.76. The first-order valence-corrected chi connectivity index (χ1v) is 10.6. The molecule has 0 radical (unpaired) electrons.